The number of hydrogen-bond acceptors (Lipinski definition) is 2. The Labute approximate surface area is 285 Å². The zero-order valence-corrected chi connectivity index (χ0v) is 28.1. The van der Waals surface area contributed by atoms with Gasteiger partial charge in [0.1, 0.15) is 0 Å². The molecule has 8 rings (SSSR count). The third-order valence-corrected chi connectivity index (χ3v) is 11.3. The summed E-state index contributed by atoms with van der Waals surface area (Å²) in [5, 5.41) is 3.48. The van der Waals surface area contributed by atoms with Crippen molar-refractivity contribution >= 4 is 79.6 Å². The Hall–Kier alpha value is -3.93. The molecule has 1 unspecified atom stereocenters. The number of nitrogens with zero attached hydrogens (tertiary/aromatic N) is 2. The largest absolute Gasteiger partial charge is 0.439 e. The molecule has 8 heteroatoms. The number of fused-ring (bicyclic) bond motifs is 4. The molecule has 0 bridgehead atoms. The minimum absolute atomic E-state index is 0.0139. The van der Waals surface area contributed by atoms with Gasteiger partial charge in [-0.1, -0.05) is 107 Å². The van der Waals surface area contributed by atoms with Crippen molar-refractivity contribution in [1.29, 1.82) is 0 Å². The summed E-state index contributed by atoms with van der Waals surface area (Å²) in [5.74, 6) is -0.623. The molecule has 4 heterocycles. The quantitative estimate of drug-likeness (QED) is 0.105. The number of aromatic nitrogens is 2. The van der Waals surface area contributed by atoms with Crippen LogP contribution in [0.15, 0.2) is 91.1 Å². The summed E-state index contributed by atoms with van der Waals surface area (Å²) < 4.78 is 11.0. The van der Waals surface area contributed by atoms with E-state index in [1.807, 2.05) is 43.5 Å². The van der Waals surface area contributed by atoms with Gasteiger partial charge in [0, 0.05) is 46.0 Å². The fourth-order valence-corrected chi connectivity index (χ4v) is 8.58. The summed E-state index contributed by atoms with van der Waals surface area (Å²) in [4.78, 5) is 14.1. The number of pyridine rings is 1. The summed E-state index contributed by atoms with van der Waals surface area (Å²) in [7, 11) is 0. The van der Waals surface area contributed by atoms with Crippen LogP contribution in [0.2, 0.25) is 20.1 Å². The number of halogens is 4. The molecule has 4 nitrogen and oxygen atoms in total. The van der Waals surface area contributed by atoms with Gasteiger partial charge in [0.25, 0.3) is 0 Å². The van der Waals surface area contributed by atoms with Crippen molar-refractivity contribution in [2.24, 2.45) is 0 Å². The van der Waals surface area contributed by atoms with E-state index in [4.69, 9.17) is 51.1 Å². The smallest absolute Gasteiger partial charge is 0.341 e. The van der Waals surface area contributed by atoms with Crippen LogP contribution in [0.25, 0.3) is 38.3 Å². The van der Waals surface area contributed by atoms with E-state index in [-0.39, 0.29) is 25.7 Å². The van der Waals surface area contributed by atoms with Crippen molar-refractivity contribution in [3.63, 3.8) is 0 Å². The minimum atomic E-state index is -1.53. The van der Waals surface area contributed by atoms with Crippen LogP contribution in [-0.4, -0.2) is 14.9 Å². The number of rotatable bonds is 4. The standard InChI is InChI=1S/C38H26Cl4N2O2/c1-4-43-21(3)31(25-13-7-8-14-27(25)43)38(32-30(37(45)46-38)33(39)35(41)36(42)34(32)40)29-19-26(28-15-9-10-18-44(28)29)24-17-16-22-11-5-6-12-23(22)20(24)2/h5-19H,4H2,1-3H3. The zero-order chi connectivity index (χ0) is 32.1. The van der Waals surface area contributed by atoms with Crippen LogP contribution >= 0.6 is 46.4 Å². The number of benzene rings is 4. The van der Waals surface area contributed by atoms with Crippen LogP contribution in [0.4, 0.5) is 0 Å². The second-order valence-corrected chi connectivity index (χ2v) is 13.2. The number of esters is 1. The molecule has 1 atom stereocenters. The molecule has 0 saturated heterocycles. The van der Waals surface area contributed by atoms with Crippen molar-refractivity contribution in [1.82, 2.24) is 8.97 Å². The molecule has 228 valence electrons. The van der Waals surface area contributed by atoms with E-state index in [0.29, 0.717) is 17.8 Å². The van der Waals surface area contributed by atoms with Crippen molar-refractivity contribution in [2.45, 2.75) is 32.9 Å². The Balaban J connectivity index is 1.57. The third-order valence-electron chi connectivity index (χ3n) is 9.49. The Morgan fingerprint density at radius 1 is 0.717 bits per heavy atom. The van der Waals surface area contributed by atoms with Gasteiger partial charge in [-0.05, 0) is 66.9 Å². The zero-order valence-electron chi connectivity index (χ0n) is 25.1. The Morgan fingerprint density at radius 2 is 1.39 bits per heavy atom. The minimum Gasteiger partial charge on any atom is -0.439 e. The summed E-state index contributed by atoms with van der Waals surface area (Å²) in [6.45, 7) is 6.99. The predicted octanol–water partition coefficient (Wildman–Crippen LogP) is 11.4. The second-order valence-electron chi connectivity index (χ2n) is 11.7. The van der Waals surface area contributed by atoms with E-state index in [1.54, 1.807) is 0 Å². The van der Waals surface area contributed by atoms with Crippen LogP contribution < -0.4 is 0 Å². The molecular weight excluding hydrogens is 658 g/mol. The summed E-state index contributed by atoms with van der Waals surface area (Å²) in [5.41, 5.74) is 6.53. The highest BCUT2D eigenvalue weighted by molar-refractivity contribution is 6.53. The highest BCUT2D eigenvalue weighted by Gasteiger charge is 2.56. The average Bonchev–Trinajstić information content (AvgIpc) is 3.70. The van der Waals surface area contributed by atoms with Gasteiger partial charge in [0.15, 0.2) is 0 Å². The fourth-order valence-electron chi connectivity index (χ4n) is 7.52. The van der Waals surface area contributed by atoms with Crippen LogP contribution in [0.3, 0.4) is 0 Å². The molecule has 0 amide bonds. The highest BCUT2D eigenvalue weighted by atomic mass is 35.5. The van der Waals surface area contributed by atoms with E-state index in [2.05, 4.69) is 77.4 Å². The summed E-state index contributed by atoms with van der Waals surface area (Å²) in [6.07, 6.45) is 1.99. The first kappa shape index (κ1) is 29.5. The van der Waals surface area contributed by atoms with E-state index < -0.39 is 11.6 Å². The SMILES string of the molecule is CCn1c(C)c(C2(c3cc(-c4ccc5ccccc5c4C)c4ccccn34)OC(=O)c3c(Cl)c(Cl)c(Cl)c(Cl)c32)c2ccccc21. The van der Waals surface area contributed by atoms with E-state index in [1.165, 1.54) is 10.8 Å². The van der Waals surface area contributed by atoms with Gasteiger partial charge in [-0.25, -0.2) is 4.79 Å². The topological polar surface area (TPSA) is 35.6 Å². The molecule has 1 aliphatic heterocycles. The summed E-state index contributed by atoms with van der Waals surface area (Å²) in [6, 6.07) is 28.9. The number of carbonyl (C=O) groups excluding carboxylic acids is 1. The van der Waals surface area contributed by atoms with Gasteiger partial charge in [0.05, 0.1) is 36.9 Å². The molecule has 46 heavy (non-hydrogen) atoms. The fraction of sp³-hybridized carbons (Fsp3) is 0.132. The van der Waals surface area contributed by atoms with Gasteiger partial charge < -0.3 is 13.7 Å². The molecule has 4 aromatic carbocycles. The monoisotopic (exact) mass is 682 g/mol. The molecule has 0 N–H and O–H groups in total. The molecule has 0 aliphatic carbocycles. The van der Waals surface area contributed by atoms with Gasteiger partial charge >= 0.3 is 5.97 Å². The number of hydrogen-bond donors (Lipinski definition) is 0. The molecule has 0 saturated carbocycles. The molecule has 3 aromatic heterocycles. The van der Waals surface area contributed by atoms with Crippen molar-refractivity contribution in [2.75, 3.05) is 0 Å². The molecule has 0 radical (unpaired) electrons. The Bertz CT molecular complexity index is 2440. The van der Waals surface area contributed by atoms with Gasteiger partial charge in [-0.2, -0.15) is 0 Å². The van der Waals surface area contributed by atoms with Crippen LogP contribution in [0.1, 0.15) is 45.4 Å². The maximum atomic E-state index is 14.1. The van der Waals surface area contributed by atoms with Crippen LogP contribution in [0.5, 0.6) is 0 Å². The number of carbonyl (C=O) groups is 1. The number of cyclic esters (lactones) is 1. The molecule has 1 aliphatic rings. The maximum Gasteiger partial charge on any atom is 0.341 e. The van der Waals surface area contributed by atoms with E-state index >= 15 is 0 Å². The van der Waals surface area contributed by atoms with Crippen molar-refractivity contribution in [3.05, 3.63) is 145 Å². The number of ether oxygens (including phenoxy) is 1. The Morgan fingerprint density at radius 3 is 2.17 bits per heavy atom. The third kappa shape index (κ3) is 3.79. The normalized spacial score (nSPS) is 16.1. The van der Waals surface area contributed by atoms with Crippen LogP contribution in [0, 0.1) is 13.8 Å². The van der Waals surface area contributed by atoms with Gasteiger partial charge in [0.2, 0.25) is 5.60 Å². The van der Waals surface area contributed by atoms with Crippen LogP contribution in [-0.2, 0) is 16.9 Å². The highest BCUT2D eigenvalue weighted by Crippen LogP contribution is 2.58. The lowest BCUT2D eigenvalue weighted by atomic mass is 9.80. The maximum absolute atomic E-state index is 14.1. The first-order chi connectivity index (χ1) is 22.2. The second kappa shape index (κ2) is 10.5. The first-order valence-corrected chi connectivity index (χ1v) is 16.5. The summed E-state index contributed by atoms with van der Waals surface area (Å²) >= 11 is 27.3. The van der Waals surface area contributed by atoms with Crippen molar-refractivity contribution < 1.29 is 9.53 Å². The Kier molecular flexibility index (Phi) is 6.76. The van der Waals surface area contributed by atoms with Gasteiger partial charge in [-0.3, -0.25) is 0 Å². The lowest BCUT2D eigenvalue weighted by Crippen LogP contribution is -2.32. The van der Waals surface area contributed by atoms with Crippen molar-refractivity contribution in [3.8, 4) is 11.1 Å². The lowest BCUT2D eigenvalue weighted by Gasteiger charge is -2.31. The molecule has 0 fully saturated rings. The average molecular weight is 684 g/mol. The van der Waals surface area contributed by atoms with E-state index in [9.17, 15) is 4.79 Å². The van der Waals surface area contributed by atoms with Gasteiger partial charge in [-0.15, -0.1) is 0 Å². The number of para-hydroxylation sites is 1. The van der Waals surface area contributed by atoms with E-state index in [0.717, 1.165) is 44.4 Å². The first-order valence-electron chi connectivity index (χ1n) is 15.0. The molecule has 7 aromatic rings. The number of aryl methyl sites for hydroxylation is 2. The lowest BCUT2D eigenvalue weighted by molar-refractivity contribution is 0.0239. The molecule has 0 spiro atoms. The predicted molar refractivity (Wildman–Crippen MR) is 189 cm³/mol. The molecular formula is C38H26Cl4N2O2.